The van der Waals surface area contributed by atoms with Gasteiger partial charge in [-0.15, -0.1) is 0 Å². The summed E-state index contributed by atoms with van der Waals surface area (Å²) in [4.78, 5) is 16.6. The minimum atomic E-state index is -0.0445. The summed E-state index contributed by atoms with van der Waals surface area (Å²) in [5, 5.41) is 0. The molecule has 3 nitrogen and oxygen atoms in total. The molecule has 2 heterocycles. The fourth-order valence-corrected chi connectivity index (χ4v) is 1.95. The summed E-state index contributed by atoms with van der Waals surface area (Å²) in [6.07, 6.45) is 3.74. The number of rotatable bonds is 2. The number of aryl methyl sites for hydroxylation is 1. The molecular formula is C15H12N2O. The number of carbonyl (C=O) groups is 1. The summed E-state index contributed by atoms with van der Waals surface area (Å²) in [7, 11) is 0. The van der Waals surface area contributed by atoms with E-state index in [1.54, 1.807) is 18.3 Å². The van der Waals surface area contributed by atoms with Gasteiger partial charge < -0.3 is 4.40 Å². The average molecular weight is 236 g/mol. The van der Waals surface area contributed by atoms with Crippen molar-refractivity contribution in [3.05, 3.63) is 71.7 Å². The van der Waals surface area contributed by atoms with Gasteiger partial charge in [0.2, 0.25) is 5.78 Å². The summed E-state index contributed by atoms with van der Waals surface area (Å²) in [6, 6.07) is 13.1. The van der Waals surface area contributed by atoms with Gasteiger partial charge in [-0.1, -0.05) is 36.4 Å². The molecule has 0 N–H and O–H groups in total. The smallest absolute Gasteiger partial charge is 0.212 e. The zero-order valence-electron chi connectivity index (χ0n) is 10.00. The van der Waals surface area contributed by atoms with Crippen molar-refractivity contribution in [2.75, 3.05) is 0 Å². The maximum atomic E-state index is 12.2. The lowest BCUT2D eigenvalue weighted by Gasteiger charge is -1.95. The lowest BCUT2D eigenvalue weighted by Crippen LogP contribution is -2.00. The largest absolute Gasteiger partial charge is 0.306 e. The van der Waals surface area contributed by atoms with Crippen LogP contribution in [0.25, 0.3) is 5.65 Å². The number of pyridine rings is 1. The topological polar surface area (TPSA) is 34.4 Å². The average Bonchev–Trinajstić information content (AvgIpc) is 2.81. The molecule has 18 heavy (non-hydrogen) atoms. The van der Waals surface area contributed by atoms with Gasteiger partial charge in [-0.25, -0.2) is 4.98 Å². The molecule has 0 aliphatic heterocycles. The van der Waals surface area contributed by atoms with Crippen LogP contribution in [0.3, 0.4) is 0 Å². The summed E-state index contributed by atoms with van der Waals surface area (Å²) in [6.45, 7) is 2.01. The lowest BCUT2D eigenvalue weighted by atomic mass is 10.1. The highest BCUT2D eigenvalue weighted by Gasteiger charge is 2.12. The Morgan fingerprint density at radius 1 is 1.06 bits per heavy atom. The Bertz CT molecular complexity index is 714. The predicted molar refractivity (Wildman–Crippen MR) is 69.8 cm³/mol. The Balaban J connectivity index is 2.07. The fraction of sp³-hybridized carbons (Fsp3) is 0.0667. The van der Waals surface area contributed by atoms with E-state index in [2.05, 4.69) is 4.98 Å². The molecule has 88 valence electrons. The molecule has 1 aromatic carbocycles. The normalized spacial score (nSPS) is 10.7. The second-order valence-corrected chi connectivity index (χ2v) is 4.29. The van der Waals surface area contributed by atoms with E-state index in [-0.39, 0.29) is 5.78 Å². The number of nitrogens with zero attached hydrogens (tertiary/aromatic N) is 2. The number of ketones is 1. The van der Waals surface area contributed by atoms with Crippen molar-refractivity contribution < 1.29 is 4.79 Å². The van der Waals surface area contributed by atoms with Crippen LogP contribution in [-0.2, 0) is 0 Å². The van der Waals surface area contributed by atoms with E-state index in [0.717, 1.165) is 11.2 Å². The molecule has 0 bridgehead atoms. The number of benzene rings is 1. The summed E-state index contributed by atoms with van der Waals surface area (Å²) < 4.78 is 1.88. The van der Waals surface area contributed by atoms with E-state index in [4.69, 9.17) is 0 Å². The van der Waals surface area contributed by atoms with E-state index in [0.29, 0.717) is 11.3 Å². The van der Waals surface area contributed by atoms with E-state index in [1.165, 1.54) is 0 Å². The molecule has 0 saturated heterocycles. The quantitative estimate of drug-likeness (QED) is 0.641. The van der Waals surface area contributed by atoms with Crippen LogP contribution < -0.4 is 0 Å². The Kier molecular flexibility index (Phi) is 2.45. The van der Waals surface area contributed by atoms with Gasteiger partial charge in [0.15, 0.2) is 0 Å². The molecule has 0 fully saturated rings. The van der Waals surface area contributed by atoms with Crippen molar-refractivity contribution in [2.45, 2.75) is 6.92 Å². The molecular weight excluding hydrogens is 224 g/mol. The van der Waals surface area contributed by atoms with Gasteiger partial charge in [-0.3, -0.25) is 4.79 Å². The van der Waals surface area contributed by atoms with Crippen LogP contribution in [0.1, 0.15) is 21.6 Å². The number of imidazole rings is 1. The zero-order valence-corrected chi connectivity index (χ0v) is 10.00. The van der Waals surface area contributed by atoms with Gasteiger partial charge >= 0.3 is 0 Å². The second kappa shape index (κ2) is 4.11. The van der Waals surface area contributed by atoms with Gasteiger partial charge in [-0.2, -0.15) is 0 Å². The van der Waals surface area contributed by atoms with Crippen LogP contribution >= 0.6 is 0 Å². The third kappa shape index (κ3) is 1.80. The number of carbonyl (C=O) groups excluding carboxylic acids is 1. The van der Waals surface area contributed by atoms with Crippen LogP contribution in [0.15, 0.2) is 54.9 Å². The molecule has 3 aromatic rings. The first-order valence-electron chi connectivity index (χ1n) is 5.79. The molecule has 0 spiro atoms. The van der Waals surface area contributed by atoms with Crippen LogP contribution in [0.5, 0.6) is 0 Å². The highest BCUT2D eigenvalue weighted by atomic mass is 16.1. The number of aromatic nitrogens is 2. The van der Waals surface area contributed by atoms with Crippen LogP contribution in [0.2, 0.25) is 0 Å². The molecule has 0 amide bonds. The first kappa shape index (κ1) is 10.7. The van der Waals surface area contributed by atoms with Crippen molar-refractivity contribution in [3.63, 3.8) is 0 Å². The lowest BCUT2D eigenvalue weighted by molar-refractivity contribution is 0.103. The van der Waals surface area contributed by atoms with Crippen LogP contribution in [0, 0.1) is 6.92 Å². The maximum absolute atomic E-state index is 12.2. The van der Waals surface area contributed by atoms with Crippen molar-refractivity contribution in [3.8, 4) is 0 Å². The molecule has 2 aromatic heterocycles. The number of hydrogen-bond donors (Lipinski definition) is 0. The molecule has 3 heteroatoms. The highest BCUT2D eigenvalue weighted by Crippen LogP contribution is 2.11. The Morgan fingerprint density at radius 3 is 2.61 bits per heavy atom. The molecule has 0 aliphatic rings. The van der Waals surface area contributed by atoms with Gasteiger partial charge in [-0.05, 0) is 18.6 Å². The molecule has 0 saturated carbocycles. The van der Waals surface area contributed by atoms with Crippen LogP contribution in [-0.4, -0.2) is 15.2 Å². The summed E-state index contributed by atoms with van der Waals surface area (Å²) in [5.41, 5.74) is 3.07. The third-order valence-corrected chi connectivity index (χ3v) is 2.87. The zero-order chi connectivity index (χ0) is 12.5. The fourth-order valence-electron chi connectivity index (χ4n) is 1.95. The minimum absolute atomic E-state index is 0.0445. The van der Waals surface area contributed by atoms with E-state index in [1.807, 2.05) is 47.9 Å². The van der Waals surface area contributed by atoms with Crippen molar-refractivity contribution in [2.24, 2.45) is 0 Å². The number of hydrogen-bond acceptors (Lipinski definition) is 2. The monoisotopic (exact) mass is 236 g/mol. The Labute approximate surface area is 105 Å². The standard InChI is InChI=1S/C15H12N2O/c1-11-7-8-14-16-13(10-17(14)9-11)15(18)12-5-3-2-4-6-12/h2-10H,1H3. The highest BCUT2D eigenvalue weighted by molar-refractivity contribution is 6.07. The van der Waals surface area contributed by atoms with Crippen molar-refractivity contribution >= 4 is 11.4 Å². The Hall–Kier alpha value is -2.42. The van der Waals surface area contributed by atoms with Gasteiger partial charge in [0.1, 0.15) is 11.3 Å². The molecule has 0 atom stereocenters. The van der Waals surface area contributed by atoms with Crippen molar-refractivity contribution in [1.82, 2.24) is 9.38 Å². The van der Waals surface area contributed by atoms with E-state index >= 15 is 0 Å². The van der Waals surface area contributed by atoms with Crippen LogP contribution in [0.4, 0.5) is 0 Å². The molecule has 0 unspecified atom stereocenters. The first-order valence-corrected chi connectivity index (χ1v) is 5.79. The minimum Gasteiger partial charge on any atom is -0.306 e. The van der Waals surface area contributed by atoms with E-state index in [9.17, 15) is 4.79 Å². The van der Waals surface area contributed by atoms with Gasteiger partial charge in [0.25, 0.3) is 0 Å². The third-order valence-electron chi connectivity index (χ3n) is 2.87. The SMILES string of the molecule is Cc1ccc2nc(C(=O)c3ccccc3)cn2c1. The Morgan fingerprint density at radius 2 is 1.83 bits per heavy atom. The maximum Gasteiger partial charge on any atom is 0.212 e. The molecule has 3 rings (SSSR count). The predicted octanol–water partition coefficient (Wildman–Crippen LogP) is 2.87. The van der Waals surface area contributed by atoms with E-state index < -0.39 is 0 Å². The van der Waals surface area contributed by atoms with Crippen molar-refractivity contribution in [1.29, 1.82) is 0 Å². The number of fused-ring (bicyclic) bond motifs is 1. The molecule has 0 radical (unpaired) electrons. The van der Waals surface area contributed by atoms with Gasteiger partial charge in [0, 0.05) is 18.0 Å². The second-order valence-electron chi connectivity index (χ2n) is 4.29. The first-order chi connectivity index (χ1) is 8.74. The molecule has 0 aliphatic carbocycles. The van der Waals surface area contributed by atoms with Gasteiger partial charge in [0.05, 0.1) is 0 Å². The summed E-state index contributed by atoms with van der Waals surface area (Å²) in [5.74, 6) is -0.0445. The summed E-state index contributed by atoms with van der Waals surface area (Å²) >= 11 is 0.